The van der Waals surface area contributed by atoms with E-state index in [4.69, 9.17) is 16.7 Å². The monoisotopic (exact) mass is 394 g/mol. The summed E-state index contributed by atoms with van der Waals surface area (Å²) in [5.74, 6) is -0.960. The molecule has 1 aromatic rings. The van der Waals surface area contributed by atoms with E-state index in [1.807, 2.05) is 0 Å². The van der Waals surface area contributed by atoms with Gasteiger partial charge in [-0.3, -0.25) is 0 Å². The Balaban J connectivity index is 2.10. The van der Waals surface area contributed by atoms with Gasteiger partial charge in [-0.25, -0.2) is 9.59 Å². The molecule has 0 saturated carbocycles. The number of carboxylic acid groups (broad SMARTS) is 1. The van der Waals surface area contributed by atoms with Gasteiger partial charge in [0.2, 0.25) is 0 Å². The van der Waals surface area contributed by atoms with Crippen molar-refractivity contribution >= 4 is 51.9 Å². The zero-order valence-electron chi connectivity index (χ0n) is 9.90. The van der Waals surface area contributed by atoms with Crippen molar-refractivity contribution < 1.29 is 14.7 Å². The number of urea groups is 1. The van der Waals surface area contributed by atoms with E-state index in [0.29, 0.717) is 30.1 Å². The third kappa shape index (κ3) is 3.30. The minimum atomic E-state index is -0.960. The first-order valence-electron chi connectivity index (χ1n) is 5.74. The Morgan fingerprint density at radius 1 is 1.47 bits per heavy atom. The Hall–Kier alpha value is -1.02. The maximum absolute atomic E-state index is 12.1. The molecule has 1 aliphatic rings. The lowest BCUT2D eigenvalue weighted by Crippen LogP contribution is -2.42. The second-order valence-electron chi connectivity index (χ2n) is 4.24. The number of rotatable bonds is 2. The smallest absolute Gasteiger partial charge is 0.326 e. The number of amides is 2. The molecule has 5 nitrogen and oxygen atoms in total. The van der Waals surface area contributed by atoms with E-state index in [1.54, 1.807) is 18.2 Å². The van der Waals surface area contributed by atoms with Crippen molar-refractivity contribution in [2.24, 2.45) is 0 Å². The molecule has 1 aliphatic heterocycles. The molecular formula is C12H12ClIN2O3. The Morgan fingerprint density at radius 2 is 2.21 bits per heavy atom. The van der Waals surface area contributed by atoms with Crippen LogP contribution in [0.5, 0.6) is 0 Å². The number of carbonyl (C=O) groups is 2. The van der Waals surface area contributed by atoms with Crippen LogP contribution < -0.4 is 5.32 Å². The molecular weight excluding hydrogens is 382 g/mol. The van der Waals surface area contributed by atoms with Crippen molar-refractivity contribution in [3.8, 4) is 0 Å². The molecule has 2 amide bonds. The quantitative estimate of drug-likeness (QED) is 0.758. The minimum Gasteiger partial charge on any atom is -0.480 e. The second kappa shape index (κ2) is 5.96. The van der Waals surface area contributed by atoms with Crippen molar-refractivity contribution in [1.82, 2.24) is 4.90 Å². The van der Waals surface area contributed by atoms with Gasteiger partial charge in [0.05, 0.1) is 5.69 Å². The van der Waals surface area contributed by atoms with Crippen LogP contribution >= 0.6 is 34.2 Å². The number of hydrogen-bond acceptors (Lipinski definition) is 2. The number of hydrogen-bond donors (Lipinski definition) is 2. The molecule has 0 aromatic heterocycles. The van der Waals surface area contributed by atoms with Crippen LogP contribution in [0.3, 0.4) is 0 Å². The number of nitrogens with zero attached hydrogens (tertiary/aromatic N) is 1. The molecule has 0 spiro atoms. The summed E-state index contributed by atoms with van der Waals surface area (Å²) in [5.41, 5.74) is 0.631. The average molecular weight is 395 g/mol. The second-order valence-corrected chi connectivity index (χ2v) is 5.84. The first-order valence-corrected chi connectivity index (χ1v) is 7.20. The Kier molecular flexibility index (Phi) is 4.51. The molecule has 7 heteroatoms. The van der Waals surface area contributed by atoms with Crippen LogP contribution in [0.15, 0.2) is 18.2 Å². The Labute approximate surface area is 129 Å². The summed E-state index contributed by atoms with van der Waals surface area (Å²) in [6.07, 6.45) is 1.21. The maximum atomic E-state index is 12.1. The van der Waals surface area contributed by atoms with Crippen LogP contribution in [-0.4, -0.2) is 34.6 Å². The molecule has 0 bridgehead atoms. The summed E-state index contributed by atoms with van der Waals surface area (Å²) in [7, 11) is 0. The van der Waals surface area contributed by atoms with Crippen molar-refractivity contribution in [3.63, 3.8) is 0 Å². The van der Waals surface area contributed by atoms with Crippen LogP contribution in [0, 0.1) is 3.57 Å². The molecule has 1 unspecified atom stereocenters. The lowest BCUT2D eigenvalue weighted by atomic mass is 10.2. The molecule has 2 rings (SSSR count). The van der Waals surface area contributed by atoms with Crippen molar-refractivity contribution in [3.05, 3.63) is 26.8 Å². The van der Waals surface area contributed by atoms with Crippen molar-refractivity contribution in [2.75, 3.05) is 11.9 Å². The molecule has 0 aliphatic carbocycles. The fourth-order valence-corrected chi connectivity index (χ4v) is 3.05. The van der Waals surface area contributed by atoms with Gasteiger partial charge in [-0.2, -0.15) is 0 Å². The summed E-state index contributed by atoms with van der Waals surface area (Å²) in [6.45, 7) is 0.465. The van der Waals surface area contributed by atoms with Gasteiger partial charge in [0.25, 0.3) is 0 Å². The number of benzene rings is 1. The van der Waals surface area contributed by atoms with E-state index in [9.17, 15) is 9.59 Å². The van der Waals surface area contributed by atoms with Gasteiger partial charge in [-0.05, 0) is 53.6 Å². The fraction of sp³-hybridized carbons (Fsp3) is 0.333. The Morgan fingerprint density at radius 3 is 2.84 bits per heavy atom. The fourth-order valence-electron chi connectivity index (χ4n) is 2.04. The predicted molar refractivity (Wildman–Crippen MR) is 80.6 cm³/mol. The van der Waals surface area contributed by atoms with Crippen LogP contribution in [0.25, 0.3) is 0 Å². The molecule has 1 heterocycles. The summed E-state index contributed by atoms with van der Waals surface area (Å²) in [6, 6.07) is 4.00. The summed E-state index contributed by atoms with van der Waals surface area (Å²) >= 11 is 7.91. The number of halogens is 2. The predicted octanol–water partition coefficient (Wildman–Crippen LogP) is 3.03. The van der Waals surface area contributed by atoms with Crippen LogP contribution in [-0.2, 0) is 4.79 Å². The third-order valence-electron chi connectivity index (χ3n) is 2.97. The zero-order chi connectivity index (χ0) is 14.0. The maximum Gasteiger partial charge on any atom is 0.326 e. The van der Waals surface area contributed by atoms with E-state index >= 15 is 0 Å². The molecule has 1 saturated heterocycles. The van der Waals surface area contributed by atoms with Gasteiger partial charge in [-0.1, -0.05) is 11.6 Å². The Bertz CT molecular complexity index is 524. The SMILES string of the molecule is O=C(O)C1CCCN1C(=O)Nc1ccc(Cl)cc1I. The summed E-state index contributed by atoms with van der Waals surface area (Å²) in [5, 5.41) is 12.4. The normalized spacial score (nSPS) is 18.4. The van der Waals surface area contributed by atoms with Crippen molar-refractivity contribution in [1.29, 1.82) is 0 Å². The first-order chi connectivity index (χ1) is 8.99. The van der Waals surface area contributed by atoms with Crippen molar-refractivity contribution in [2.45, 2.75) is 18.9 Å². The highest BCUT2D eigenvalue weighted by molar-refractivity contribution is 14.1. The summed E-state index contributed by atoms with van der Waals surface area (Å²) < 4.78 is 0.810. The molecule has 102 valence electrons. The van der Waals surface area contributed by atoms with Gasteiger partial charge in [0, 0.05) is 15.1 Å². The van der Waals surface area contributed by atoms with Gasteiger partial charge in [0.1, 0.15) is 6.04 Å². The first kappa shape index (κ1) is 14.4. The molecule has 1 fully saturated rings. The standard InChI is InChI=1S/C12H12ClIN2O3/c13-7-3-4-9(8(14)6-7)15-12(19)16-5-1-2-10(16)11(17)18/h3-4,6,10H,1-2,5H2,(H,15,19)(H,17,18). The zero-order valence-corrected chi connectivity index (χ0v) is 12.8. The number of aliphatic carboxylic acids is 1. The minimum absolute atomic E-state index is 0.384. The largest absolute Gasteiger partial charge is 0.480 e. The molecule has 19 heavy (non-hydrogen) atoms. The molecule has 2 N–H and O–H groups in total. The van der Waals surface area contributed by atoms with Crippen LogP contribution in [0.1, 0.15) is 12.8 Å². The van der Waals surface area contributed by atoms with E-state index in [2.05, 4.69) is 27.9 Å². The van der Waals surface area contributed by atoms with Gasteiger partial charge in [-0.15, -0.1) is 0 Å². The van der Waals surface area contributed by atoms with E-state index < -0.39 is 12.0 Å². The van der Waals surface area contributed by atoms with E-state index in [-0.39, 0.29) is 6.03 Å². The number of carboxylic acids is 1. The van der Waals surface area contributed by atoms with Crippen LogP contribution in [0.2, 0.25) is 5.02 Å². The number of likely N-dealkylation sites (tertiary alicyclic amines) is 1. The number of carbonyl (C=O) groups excluding carboxylic acids is 1. The van der Waals surface area contributed by atoms with Gasteiger partial charge < -0.3 is 15.3 Å². The average Bonchev–Trinajstić information content (AvgIpc) is 2.82. The highest BCUT2D eigenvalue weighted by Gasteiger charge is 2.34. The lowest BCUT2D eigenvalue weighted by molar-refractivity contribution is -0.141. The third-order valence-corrected chi connectivity index (χ3v) is 4.10. The number of anilines is 1. The van der Waals surface area contributed by atoms with Crippen LogP contribution in [0.4, 0.5) is 10.5 Å². The van der Waals surface area contributed by atoms with Gasteiger partial charge >= 0.3 is 12.0 Å². The molecule has 1 atom stereocenters. The summed E-state index contributed by atoms with van der Waals surface area (Å²) in [4.78, 5) is 24.5. The highest BCUT2D eigenvalue weighted by Crippen LogP contribution is 2.24. The highest BCUT2D eigenvalue weighted by atomic mass is 127. The topological polar surface area (TPSA) is 69.6 Å². The number of nitrogens with one attached hydrogen (secondary N) is 1. The molecule has 0 radical (unpaired) electrons. The lowest BCUT2D eigenvalue weighted by Gasteiger charge is -2.22. The van der Waals surface area contributed by atoms with Gasteiger partial charge in [0.15, 0.2) is 0 Å². The van der Waals surface area contributed by atoms with E-state index in [1.165, 1.54) is 4.90 Å². The molecule has 1 aromatic carbocycles. The van der Waals surface area contributed by atoms with E-state index in [0.717, 1.165) is 3.57 Å².